The van der Waals surface area contributed by atoms with Crippen LogP contribution in [0.3, 0.4) is 0 Å². The maximum atomic E-state index is 6.16. The zero-order valence-corrected chi connectivity index (χ0v) is 26.7. The summed E-state index contributed by atoms with van der Waals surface area (Å²) in [6.07, 6.45) is 16.3. The molecule has 0 unspecified atom stereocenters. The van der Waals surface area contributed by atoms with Crippen molar-refractivity contribution in [1.82, 2.24) is 4.57 Å². The molecule has 0 fully saturated rings. The third kappa shape index (κ3) is 6.29. The van der Waals surface area contributed by atoms with E-state index in [1.807, 2.05) is 6.07 Å². The Hall–Kier alpha value is -4.30. The first-order valence-electron chi connectivity index (χ1n) is 17.3. The molecule has 7 aromatic rings. The van der Waals surface area contributed by atoms with Crippen LogP contribution in [0.4, 0.5) is 0 Å². The number of unbranched alkanes of at least 4 members (excludes halogenated alkanes) is 10. The number of nitrogens with zero attached hydrogens (tertiary/aromatic N) is 1. The van der Waals surface area contributed by atoms with Gasteiger partial charge in [0.25, 0.3) is 0 Å². The number of rotatable bonds is 14. The van der Waals surface area contributed by atoms with E-state index in [0.717, 1.165) is 28.4 Å². The minimum Gasteiger partial charge on any atom is -0.456 e. The van der Waals surface area contributed by atoms with Gasteiger partial charge in [-0.15, -0.1) is 0 Å². The Morgan fingerprint density at radius 3 is 1.89 bits per heavy atom. The largest absolute Gasteiger partial charge is 0.456 e. The molecule has 0 saturated heterocycles. The Morgan fingerprint density at radius 2 is 1.11 bits per heavy atom. The highest BCUT2D eigenvalue weighted by atomic mass is 16.3. The van der Waals surface area contributed by atoms with Crippen LogP contribution in [0.15, 0.2) is 114 Å². The third-order valence-corrected chi connectivity index (χ3v) is 9.62. The molecule has 0 bridgehead atoms. The Labute approximate surface area is 267 Å². The molecule has 2 heteroatoms. The Morgan fingerprint density at radius 1 is 0.467 bits per heavy atom. The van der Waals surface area contributed by atoms with Gasteiger partial charge >= 0.3 is 0 Å². The molecule has 0 aliphatic heterocycles. The average Bonchev–Trinajstić information content (AvgIpc) is 3.62. The molecule has 0 aliphatic carbocycles. The second-order valence-corrected chi connectivity index (χ2v) is 12.8. The number of furan rings is 1. The fraction of sp³-hybridized carbons (Fsp3) is 0.302. The van der Waals surface area contributed by atoms with E-state index in [1.165, 1.54) is 115 Å². The molecule has 5 aromatic carbocycles. The number of fused-ring (bicyclic) bond motifs is 6. The minimum atomic E-state index is 0.932. The molecule has 2 aromatic heterocycles. The number of hydrogen-bond acceptors (Lipinski definition) is 1. The predicted molar refractivity (Wildman–Crippen MR) is 194 cm³/mol. The maximum absolute atomic E-state index is 6.16. The Balaban J connectivity index is 1.16. The first kappa shape index (κ1) is 29.4. The van der Waals surface area contributed by atoms with Crippen LogP contribution in [0.1, 0.15) is 83.1 Å². The van der Waals surface area contributed by atoms with Gasteiger partial charge in [0.1, 0.15) is 11.2 Å². The van der Waals surface area contributed by atoms with Crippen molar-refractivity contribution in [3.63, 3.8) is 0 Å². The van der Waals surface area contributed by atoms with E-state index in [2.05, 4.69) is 115 Å². The van der Waals surface area contributed by atoms with Crippen LogP contribution in [0.5, 0.6) is 0 Å². The fourth-order valence-corrected chi connectivity index (χ4v) is 7.16. The van der Waals surface area contributed by atoms with E-state index in [4.69, 9.17) is 4.42 Å². The number of para-hydroxylation sites is 1. The monoisotopic (exact) mass is 591 g/mol. The van der Waals surface area contributed by atoms with Crippen LogP contribution in [0.2, 0.25) is 0 Å². The van der Waals surface area contributed by atoms with Crippen LogP contribution in [0, 0.1) is 0 Å². The molecule has 2 heterocycles. The van der Waals surface area contributed by atoms with Gasteiger partial charge in [0.05, 0.1) is 11.0 Å². The molecular weight excluding hydrogens is 546 g/mol. The topological polar surface area (TPSA) is 18.1 Å². The van der Waals surface area contributed by atoms with E-state index in [9.17, 15) is 0 Å². The molecule has 228 valence electrons. The van der Waals surface area contributed by atoms with Crippen molar-refractivity contribution in [2.45, 2.75) is 84.0 Å². The zero-order chi connectivity index (χ0) is 30.4. The molecule has 2 nitrogen and oxygen atoms in total. The minimum absolute atomic E-state index is 0.932. The van der Waals surface area contributed by atoms with E-state index in [1.54, 1.807) is 0 Å². The lowest BCUT2D eigenvalue weighted by atomic mass is 10.0. The number of hydrogen-bond donors (Lipinski definition) is 0. The van der Waals surface area contributed by atoms with E-state index < -0.39 is 0 Å². The highest BCUT2D eigenvalue weighted by Crippen LogP contribution is 2.37. The van der Waals surface area contributed by atoms with Crippen molar-refractivity contribution in [3.8, 4) is 16.8 Å². The molecule has 45 heavy (non-hydrogen) atoms. The van der Waals surface area contributed by atoms with E-state index >= 15 is 0 Å². The molecule has 0 aliphatic rings. The van der Waals surface area contributed by atoms with Gasteiger partial charge < -0.3 is 8.98 Å². The molecule has 0 saturated carbocycles. The van der Waals surface area contributed by atoms with Gasteiger partial charge in [-0.05, 0) is 78.1 Å². The number of aromatic nitrogens is 1. The Bertz CT molecular complexity index is 2030. The van der Waals surface area contributed by atoms with Crippen LogP contribution in [0.25, 0.3) is 60.6 Å². The van der Waals surface area contributed by atoms with Gasteiger partial charge in [0, 0.05) is 27.2 Å². The fourth-order valence-electron chi connectivity index (χ4n) is 7.16. The molecule has 7 rings (SSSR count). The maximum Gasteiger partial charge on any atom is 0.135 e. The first-order chi connectivity index (χ1) is 22.3. The van der Waals surface area contributed by atoms with Crippen molar-refractivity contribution >= 4 is 43.7 Å². The first-order valence-corrected chi connectivity index (χ1v) is 17.3. The molecular formula is C43H45NO. The summed E-state index contributed by atoms with van der Waals surface area (Å²) in [5, 5.41) is 4.97. The second-order valence-electron chi connectivity index (χ2n) is 12.8. The average molecular weight is 592 g/mol. The molecule has 0 radical (unpaired) electrons. The highest BCUT2D eigenvalue weighted by Gasteiger charge is 2.16. The SMILES string of the molecule is CCCCCCCCCCCCCc1ccc2c(c1)c1cc(-c3ccccc3)ccc1n2-c1ccc2oc3ccccc3c2c1. The van der Waals surface area contributed by atoms with Gasteiger partial charge in [-0.25, -0.2) is 0 Å². The van der Waals surface area contributed by atoms with Crippen LogP contribution in [-0.2, 0) is 6.42 Å². The number of benzene rings is 5. The van der Waals surface area contributed by atoms with E-state index in [-0.39, 0.29) is 0 Å². The van der Waals surface area contributed by atoms with E-state index in [0.29, 0.717) is 0 Å². The summed E-state index contributed by atoms with van der Waals surface area (Å²) in [4.78, 5) is 0. The normalized spacial score (nSPS) is 11.8. The summed E-state index contributed by atoms with van der Waals surface area (Å²) in [6.45, 7) is 2.29. The van der Waals surface area contributed by atoms with Gasteiger partial charge in [0.2, 0.25) is 0 Å². The van der Waals surface area contributed by atoms with Gasteiger partial charge in [-0.1, -0.05) is 132 Å². The van der Waals surface area contributed by atoms with Gasteiger partial charge in [-0.2, -0.15) is 0 Å². The van der Waals surface area contributed by atoms with Crippen molar-refractivity contribution in [1.29, 1.82) is 0 Å². The summed E-state index contributed by atoms with van der Waals surface area (Å²) >= 11 is 0. The third-order valence-electron chi connectivity index (χ3n) is 9.62. The van der Waals surface area contributed by atoms with Crippen LogP contribution >= 0.6 is 0 Å². The van der Waals surface area contributed by atoms with Gasteiger partial charge in [0.15, 0.2) is 0 Å². The predicted octanol–water partition coefficient (Wildman–Crippen LogP) is 13.2. The second kappa shape index (κ2) is 13.8. The highest BCUT2D eigenvalue weighted by molar-refractivity contribution is 6.11. The zero-order valence-electron chi connectivity index (χ0n) is 26.7. The van der Waals surface area contributed by atoms with Gasteiger partial charge in [-0.3, -0.25) is 0 Å². The summed E-state index contributed by atoms with van der Waals surface area (Å²) in [5.41, 5.74) is 9.48. The van der Waals surface area contributed by atoms with Crippen molar-refractivity contribution in [3.05, 3.63) is 115 Å². The van der Waals surface area contributed by atoms with Crippen molar-refractivity contribution in [2.24, 2.45) is 0 Å². The molecule has 0 atom stereocenters. The summed E-state index contributed by atoms with van der Waals surface area (Å²) in [6, 6.07) is 39.8. The molecule has 0 N–H and O–H groups in total. The lowest BCUT2D eigenvalue weighted by Gasteiger charge is -2.09. The lowest BCUT2D eigenvalue weighted by Crippen LogP contribution is -1.94. The van der Waals surface area contributed by atoms with Crippen molar-refractivity contribution < 1.29 is 4.42 Å². The summed E-state index contributed by atoms with van der Waals surface area (Å²) in [7, 11) is 0. The quantitative estimate of drug-likeness (QED) is 0.115. The lowest BCUT2D eigenvalue weighted by molar-refractivity contribution is 0.549. The van der Waals surface area contributed by atoms with Crippen molar-refractivity contribution in [2.75, 3.05) is 0 Å². The smallest absolute Gasteiger partial charge is 0.135 e. The summed E-state index contributed by atoms with van der Waals surface area (Å²) < 4.78 is 8.60. The number of aryl methyl sites for hydroxylation is 1. The standard InChI is InChI=1S/C43H45NO/c1-2-3-4-5-6-7-8-9-10-11-13-18-32-23-26-40-37(29-32)38-30-34(33-19-14-12-15-20-33)24-27-41(38)44(40)35-25-28-43-39(31-35)36-21-16-17-22-42(36)45-43/h12,14-17,19-31H,2-11,13,18H2,1H3. The Kier molecular flexibility index (Phi) is 9.00. The molecule has 0 spiro atoms. The van der Waals surface area contributed by atoms with Crippen LogP contribution < -0.4 is 0 Å². The summed E-state index contributed by atoms with van der Waals surface area (Å²) in [5.74, 6) is 0. The van der Waals surface area contributed by atoms with Crippen LogP contribution in [-0.4, -0.2) is 4.57 Å². The molecule has 0 amide bonds.